The minimum absolute atomic E-state index is 0.156. The van der Waals surface area contributed by atoms with Gasteiger partial charge in [0.05, 0.1) is 6.61 Å². The van der Waals surface area contributed by atoms with Crippen LogP contribution in [0.4, 0.5) is 0 Å². The molecule has 18 heavy (non-hydrogen) atoms. The van der Waals surface area contributed by atoms with Crippen LogP contribution < -0.4 is 4.74 Å². The maximum atomic E-state index is 11.6. The maximum absolute atomic E-state index is 11.6. The molecule has 0 aliphatic carbocycles. The molecular weight excluding hydrogens is 228 g/mol. The van der Waals surface area contributed by atoms with Gasteiger partial charge >= 0.3 is 5.97 Å². The van der Waals surface area contributed by atoms with Crippen molar-refractivity contribution >= 4 is 5.97 Å². The molecule has 1 aromatic rings. The monoisotopic (exact) mass is 250 g/mol. The van der Waals surface area contributed by atoms with E-state index in [0.717, 1.165) is 11.3 Å². The Labute approximate surface area is 109 Å². The molecule has 3 nitrogen and oxygen atoms in total. The molecular formula is C15H22O3. The van der Waals surface area contributed by atoms with E-state index in [-0.39, 0.29) is 5.97 Å². The summed E-state index contributed by atoms with van der Waals surface area (Å²) in [7, 11) is 0. The molecule has 3 heteroatoms. The van der Waals surface area contributed by atoms with Crippen molar-refractivity contribution < 1.29 is 14.3 Å². The fourth-order valence-electron chi connectivity index (χ4n) is 1.56. The van der Waals surface area contributed by atoms with Crippen molar-refractivity contribution in [3.8, 4) is 5.75 Å². The summed E-state index contributed by atoms with van der Waals surface area (Å²) < 4.78 is 10.6. The molecule has 0 unspecified atom stereocenters. The summed E-state index contributed by atoms with van der Waals surface area (Å²) in [5.74, 6) is 0.704. The number of rotatable bonds is 5. The Bertz CT molecular complexity index is 374. The third-order valence-corrected chi connectivity index (χ3v) is 2.27. The van der Waals surface area contributed by atoms with Crippen LogP contribution in [0.15, 0.2) is 24.3 Å². The molecule has 0 heterocycles. The molecule has 0 bridgehead atoms. The van der Waals surface area contributed by atoms with Crippen LogP contribution in [0.2, 0.25) is 0 Å². The molecule has 1 rings (SSSR count). The van der Waals surface area contributed by atoms with Gasteiger partial charge in [0.25, 0.3) is 0 Å². The summed E-state index contributed by atoms with van der Waals surface area (Å²) >= 11 is 0. The van der Waals surface area contributed by atoms with Gasteiger partial charge in [-0.15, -0.1) is 0 Å². The topological polar surface area (TPSA) is 35.5 Å². The summed E-state index contributed by atoms with van der Waals surface area (Å²) in [6.07, 6.45) is 1.10. The number of hydrogen-bond acceptors (Lipinski definition) is 3. The van der Waals surface area contributed by atoms with E-state index >= 15 is 0 Å². The van der Waals surface area contributed by atoms with Crippen LogP contribution in [-0.4, -0.2) is 18.2 Å². The Balaban J connectivity index is 2.41. The Morgan fingerprint density at radius 1 is 1.17 bits per heavy atom. The van der Waals surface area contributed by atoms with Gasteiger partial charge in [0.1, 0.15) is 11.4 Å². The van der Waals surface area contributed by atoms with Gasteiger partial charge in [-0.05, 0) is 51.8 Å². The molecule has 0 amide bonds. The second kappa shape index (κ2) is 6.43. The molecule has 0 saturated heterocycles. The maximum Gasteiger partial charge on any atom is 0.306 e. The Kier molecular flexibility index (Phi) is 5.20. The highest BCUT2D eigenvalue weighted by atomic mass is 16.6. The largest absolute Gasteiger partial charge is 0.494 e. The summed E-state index contributed by atoms with van der Waals surface area (Å²) in [4.78, 5) is 11.6. The number of ether oxygens (including phenoxy) is 2. The molecule has 0 atom stereocenters. The second-order valence-corrected chi connectivity index (χ2v) is 5.16. The zero-order chi connectivity index (χ0) is 13.6. The first-order chi connectivity index (χ1) is 8.40. The zero-order valence-corrected chi connectivity index (χ0v) is 11.7. The van der Waals surface area contributed by atoms with Crippen molar-refractivity contribution in [3.63, 3.8) is 0 Å². The summed E-state index contributed by atoms with van der Waals surface area (Å²) in [5, 5.41) is 0. The third kappa shape index (κ3) is 5.71. The van der Waals surface area contributed by atoms with Crippen LogP contribution >= 0.6 is 0 Å². The minimum atomic E-state index is -0.407. The van der Waals surface area contributed by atoms with Gasteiger partial charge in [0.15, 0.2) is 0 Å². The van der Waals surface area contributed by atoms with Crippen LogP contribution in [0.1, 0.15) is 39.7 Å². The summed E-state index contributed by atoms with van der Waals surface area (Å²) in [6.45, 7) is 8.25. The predicted octanol–water partition coefficient (Wildman–Crippen LogP) is 3.36. The zero-order valence-electron chi connectivity index (χ0n) is 11.7. The van der Waals surface area contributed by atoms with E-state index in [1.807, 2.05) is 52.0 Å². The molecule has 100 valence electrons. The highest BCUT2D eigenvalue weighted by molar-refractivity contribution is 5.70. The fourth-order valence-corrected chi connectivity index (χ4v) is 1.56. The number of carbonyl (C=O) groups excluding carboxylic acids is 1. The number of benzene rings is 1. The van der Waals surface area contributed by atoms with Gasteiger partial charge in [-0.1, -0.05) is 12.1 Å². The van der Waals surface area contributed by atoms with Gasteiger partial charge in [-0.3, -0.25) is 4.79 Å². The minimum Gasteiger partial charge on any atom is -0.494 e. The quantitative estimate of drug-likeness (QED) is 0.752. The highest BCUT2D eigenvalue weighted by Crippen LogP contribution is 2.14. The first-order valence-electron chi connectivity index (χ1n) is 6.34. The number of aryl methyl sites for hydroxylation is 1. The van der Waals surface area contributed by atoms with E-state index < -0.39 is 5.60 Å². The lowest BCUT2D eigenvalue weighted by molar-refractivity contribution is -0.154. The first kappa shape index (κ1) is 14.6. The van der Waals surface area contributed by atoms with E-state index in [1.54, 1.807) is 0 Å². The van der Waals surface area contributed by atoms with Crippen molar-refractivity contribution in [1.29, 1.82) is 0 Å². The lowest BCUT2D eigenvalue weighted by Crippen LogP contribution is -2.23. The van der Waals surface area contributed by atoms with Crippen LogP contribution in [0.5, 0.6) is 5.75 Å². The molecule has 1 aromatic carbocycles. The van der Waals surface area contributed by atoms with E-state index in [9.17, 15) is 4.79 Å². The molecule has 0 aromatic heterocycles. The third-order valence-electron chi connectivity index (χ3n) is 2.27. The van der Waals surface area contributed by atoms with E-state index in [1.165, 1.54) is 0 Å². The van der Waals surface area contributed by atoms with Gasteiger partial charge in [-0.2, -0.15) is 0 Å². The lowest BCUT2D eigenvalue weighted by atomic mass is 10.1. The Morgan fingerprint density at radius 2 is 1.78 bits per heavy atom. The van der Waals surface area contributed by atoms with Crippen LogP contribution in [-0.2, 0) is 16.0 Å². The van der Waals surface area contributed by atoms with Gasteiger partial charge in [-0.25, -0.2) is 0 Å². The normalized spacial score (nSPS) is 11.1. The average molecular weight is 250 g/mol. The SMILES string of the molecule is CCOc1ccc(CCC(=O)OC(C)(C)C)cc1. The Morgan fingerprint density at radius 3 is 2.28 bits per heavy atom. The molecule has 0 saturated carbocycles. The second-order valence-electron chi connectivity index (χ2n) is 5.16. The van der Waals surface area contributed by atoms with Crippen molar-refractivity contribution in [2.45, 2.75) is 46.1 Å². The van der Waals surface area contributed by atoms with Crippen LogP contribution in [0.25, 0.3) is 0 Å². The first-order valence-corrected chi connectivity index (χ1v) is 6.34. The number of hydrogen-bond donors (Lipinski definition) is 0. The van der Waals surface area contributed by atoms with Crippen LogP contribution in [0, 0.1) is 0 Å². The van der Waals surface area contributed by atoms with E-state index in [2.05, 4.69) is 0 Å². The lowest BCUT2D eigenvalue weighted by Gasteiger charge is -2.19. The van der Waals surface area contributed by atoms with Gasteiger partial charge in [0.2, 0.25) is 0 Å². The van der Waals surface area contributed by atoms with Crippen molar-refractivity contribution in [3.05, 3.63) is 29.8 Å². The van der Waals surface area contributed by atoms with Crippen LogP contribution in [0.3, 0.4) is 0 Å². The van der Waals surface area contributed by atoms with Gasteiger partial charge in [0, 0.05) is 6.42 Å². The highest BCUT2D eigenvalue weighted by Gasteiger charge is 2.15. The summed E-state index contributed by atoms with van der Waals surface area (Å²) in [6, 6.07) is 7.81. The van der Waals surface area contributed by atoms with Crippen molar-refractivity contribution in [2.75, 3.05) is 6.61 Å². The molecule has 0 aliphatic heterocycles. The molecule has 0 radical (unpaired) electrons. The number of esters is 1. The Hall–Kier alpha value is -1.51. The number of carbonyl (C=O) groups is 1. The molecule has 0 aliphatic rings. The smallest absolute Gasteiger partial charge is 0.306 e. The molecule has 0 spiro atoms. The van der Waals surface area contributed by atoms with Crippen molar-refractivity contribution in [2.24, 2.45) is 0 Å². The van der Waals surface area contributed by atoms with Crippen molar-refractivity contribution in [1.82, 2.24) is 0 Å². The average Bonchev–Trinajstić information content (AvgIpc) is 2.26. The van der Waals surface area contributed by atoms with E-state index in [0.29, 0.717) is 19.4 Å². The fraction of sp³-hybridized carbons (Fsp3) is 0.533. The molecule has 0 N–H and O–H groups in total. The standard InChI is InChI=1S/C15H22O3/c1-5-17-13-9-6-12(7-10-13)8-11-14(16)18-15(2,3)4/h6-7,9-10H,5,8,11H2,1-4H3. The molecule has 0 fully saturated rings. The summed E-state index contributed by atoms with van der Waals surface area (Å²) in [5.41, 5.74) is 0.708. The van der Waals surface area contributed by atoms with E-state index in [4.69, 9.17) is 9.47 Å². The van der Waals surface area contributed by atoms with Gasteiger partial charge < -0.3 is 9.47 Å². The predicted molar refractivity (Wildman–Crippen MR) is 71.8 cm³/mol.